The molecule has 2 N–H and O–H groups in total. The van der Waals surface area contributed by atoms with Gasteiger partial charge in [0.25, 0.3) is 0 Å². The number of hydrogen-bond donors (Lipinski definition) is 1. The smallest absolute Gasteiger partial charge is 0.361 e. The van der Waals surface area contributed by atoms with Crippen molar-refractivity contribution < 1.29 is 14.1 Å². The first-order chi connectivity index (χ1) is 8.54. The van der Waals surface area contributed by atoms with Gasteiger partial charge in [-0.05, 0) is 25.0 Å². The fraction of sp³-hybridized carbons (Fsp3) is 0.231. The van der Waals surface area contributed by atoms with Gasteiger partial charge in [-0.25, -0.2) is 4.79 Å². The highest BCUT2D eigenvalue weighted by Gasteiger charge is 2.23. The van der Waals surface area contributed by atoms with Crippen molar-refractivity contribution in [3.8, 4) is 11.1 Å². The van der Waals surface area contributed by atoms with E-state index in [0.717, 1.165) is 16.7 Å². The fourth-order valence-corrected chi connectivity index (χ4v) is 1.89. The number of anilines is 1. The van der Waals surface area contributed by atoms with Crippen LogP contribution in [0.2, 0.25) is 0 Å². The highest BCUT2D eigenvalue weighted by Crippen LogP contribution is 2.32. The number of carbonyl (C=O) groups excluding carboxylic acids is 1. The van der Waals surface area contributed by atoms with Gasteiger partial charge >= 0.3 is 5.97 Å². The maximum atomic E-state index is 11.6. The quantitative estimate of drug-likeness (QED) is 0.823. The third-order valence-corrected chi connectivity index (χ3v) is 2.75. The third kappa shape index (κ3) is 1.95. The number of hydrogen-bond acceptors (Lipinski definition) is 5. The zero-order chi connectivity index (χ0) is 13.3. The maximum Gasteiger partial charge on any atom is 0.361 e. The van der Waals surface area contributed by atoms with E-state index in [1.807, 2.05) is 32.0 Å². The minimum Gasteiger partial charge on any atom is -0.464 e. The molecule has 94 valence electrons. The van der Waals surface area contributed by atoms with E-state index in [1.54, 1.807) is 0 Å². The summed E-state index contributed by atoms with van der Waals surface area (Å²) in [4.78, 5) is 11.6. The van der Waals surface area contributed by atoms with Gasteiger partial charge < -0.3 is 15.0 Å². The second kappa shape index (κ2) is 4.52. The highest BCUT2D eigenvalue weighted by atomic mass is 16.5. The summed E-state index contributed by atoms with van der Waals surface area (Å²) < 4.78 is 9.54. The molecule has 1 aromatic carbocycles. The van der Waals surface area contributed by atoms with Crippen molar-refractivity contribution in [1.29, 1.82) is 0 Å². The molecular weight excluding hydrogens is 232 g/mol. The van der Waals surface area contributed by atoms with E-state index in [-0.39, 0.29) is 11.6 Å². The topological polar surface area (TPSA) is 78.3 Å². The van der Waals surface area contributed by atoms with Gasteiger partial charge in [0.05, 0.1) is 12.7 Å². The van der Waals surface area contributed by atoms with Crippen LogP contribution in [0.25, 0.3) is 11.1 Å². The summed E-state index contributed by atoms with van der Waals surface area (Å²) in [5.41, 5.74) is 9.27. The predicted octanol–water partition coefficient (Wildman–Crippen LogP) is 2.33. The van der Waals surface area contributed by atoms with Crippen LogP contribution in [-0.4, -0.2) is 18.2 Å². The number of nitrogen functional groups attached to an aromatic ring is 1. The van der Waals surface area contributed by atoms with E-state index in [0.29, 0.717) is 5.56 Å². The molecule has 0 radical (unpaired) electrons. The van der Waals surface area contributed by atoms with Crippen molar-refractivity contribution >= 4 is 11.9 Å². The van der Waals surface area contributed by atoms with Gasteiger partial charge in [-0.3, -0.25) is 0 Å². The number of ether oxygens (including phenoxy) is 1. The van der Waals surface area contributed by atoms with E-state index >= 15 is 0 Å². The molecule has 0 aliphatic rings. The zero-order valence-corrected chi connectivity index (χ0v) is 10.5. The number of nitrogens with zero attached hydrogens (tertiary/aromatic N) is 1. The molecule has 0 bridgehead atoms. The first-order valence-electron chi connectivity index (χ1n) is 5.45. The third-order valence-electron chi connectivity index (χ3n) is 2.75. The molecule has 0 amide bonds. The van der Waals surface area contributed by atoms with Crippen LogP contribution in [0.15, 0.2) is 22.7 Å². The molecule has 2 aromatic rings. The highest BCUT2D eigenvalue weighted by molar-refractivity contribution is 5.98. The molecule has 2 rings (SSSR count). The minimum absolute atomic E-state index is 0.0990. The molecule has 1 heterocycles. The summed E-state index contributed by atoms with van der Waals surface area (Å²) in [6.45, 7) is 3.94. The molecule has 0 unspecified atom stereocenters. The molecule has 0 atom stereocenters. The lowest BCUT2D eigenvalue weighted by atomic mass is 9.98. The molecular formula is C13H14N2O3. The van der Waals surface area contributed by atoms with Crippen LogP contribution in [0.5, 0.6) is 0 Å². The maximum absolute atomic E-state index is 11.6. The van der Waals surface area contributed by atoms with Crippen LogP contribution in [0.4, 0.5) is 5.88 Å². The lowest BCUT2D eigenvalue weighted by Gasteiger charge is -2.06. The largest absolute Gasteiger partial charge is 0.464 e. The average Bonchev–Trinajstić information content (AvgIpc) is 2.70. The van der Waals surface area contributed by atoms with E-state index in [1.165, 1.54) is 7.11 Å². The Kier molecular flexibility index (Phi) is 3.06. The van der Waals surface area contributed by atoms with Crippen molar-refractivity contribution in [3.05, 3.63) is 35.0 Å². The van der Waals surface area contributed by atoms with Gasteiger partial charge in [-0.2, -0.15) is 0 Å². The lowest BCUT2D eigenvalue weighted by molar-refractivity contribution is 0.0590. The summed E-state index contributed by atoms with van der Waals surface area (Å²) >= 11 is 0. The van der Waals surface area contributed by atoms with Gasteiger partial charge in [-0.15, -0.1) is 0 Å². The van der Waals surface area contributed by atoms with Crippen LogP contribution in [-0.2, 0) is 4.74 Å². The van der Waals surface area contributed by atoms with Gasteiger partial charge in [-0.1, -0.05) is 28.9 Å². The Balaban J connectivity index is 2.63. The van der Waals surface area contributed by atoms with Crippen molar-refractivity contribution in [2.45, 2.75) is 13.8 Å². The van der Waals surface area contributed by atoms with Gasteiger partial charge in [0.2, 0.25) is 11.6 Å². The van der Waals surface area contributed by atoms with Gasteiger partial charge in [0.1, 0.15) is 0 Å². The predicted molar refractivity (Wildman–Crippen MR) is 67.2 cm³/mol. The van der Waals surface area contributed by atoms with Crippen LogP contribution in [0, 0.1) is 13.8 Å². The molecule has 0 spiro atoms. The molecule has 0 saturated heterocycles. The Bertz CT molecular complexity index is 602. The number of rotatable bonds is 2. The summed E-state index contributed by atoms with van der Waals surface area (Å²) in [7, 11) is 1.29. The van der Waals surface area contributed by atoms with Crippen molar-refractivity contribution in [2.24, 2.45) is 0 Å². The summed E-state index contributed by atoms with van der Waals surface area (Å²) in [5, 5.41) is 3.65. The Morgan fingerprint density at radius 2 is 2.11 bits per heavy atom. The molecule has 0 aliphatic carbocycles. The number of methoxy groups -OCH3 is 1. The number of benzene rings is 1. The second-order valence-corrected chi connectivity index (χ2v) is 4.08. The molecule has 0 aliphatic heterocycles. The normalized spacial score (nSPS) is 10.4. The van der Waals surface area contributed by atoms with E-state index in [2.05, 4.69) is 9.89 Å². The van der Waals surface area contributed by atoms with Crippen LogP contribution in [0.3, 0.4) is 0 Å². The van der Waals surface area contributed by atoms with E-state index < -0.39 is 5.97 Å². The average molecular weight is 246 g/mol. The van der Waals surface area contributed by atoms with Crippen LogP contribution >= 0.6 is 0 Å². The Morgan fingerprint density at radius 1 is 1.39 bits per heavy atom. The molecule has 5 heteroatoms. The van der Waals surface area contributed by atoms with E-state index in [9.17, 15) is 4.79 Å². The number of aromatic nitrogens is 1. The van der Waals surface area contributed by atoms with Crippen molar-refractivity contribution in [2.75, 3.05) is 12.8 Å². The number of carbonyl (C=O) groups is 1. The molecule has 1 aromatic heterocycles. The standard InChI is InChI=1S/C13H14N2O3/c1-7-4-5-9(8(2)6-7)10-11(13(16)17-3)15-18-12(10)14/h4-6H,14H2,1-3H3. The molecule has 0 saturated carbocycles. The molecule has 18 heavy (non-hydrogen) atoms. The van der Waals surface area contributed by atoms with Crippen molar-refractivity contribution in [3.63, 3.8) is 0 Å². The second-order valence-electron chi connectivity index (χ2n) is 4.08. The number of nitrogens with two attached hydrogens (primary N) is 1. The summed E-state index contributed by atoms with van der Waals surface area (Å²) in [6, 6.07) is 5.83. The van der Waals surface area contributed by atoms with Crippen molar-refractivity contribution in [1.82, 2.24) is 5.16 Å². The van der Waals surface area contributed by atoms with Crippen LogP contribution < -0.4 is 5.73 Å². The molecule has 0 fully saturated rings. The zero-order valence-electron chi connectivity index (χ0n) is 10.5. The van der Waals surface area contributed by atoms with Gasteiger partial charge in [0.15, 0.2) is 0 Å². The first-order valence-corrected chi connectivity index (χ1v) is 5.45. The SMILES string of the molecule is COC(=O)c1noc(N)c1-c1ccc(C)cc1C. The monoisotopic (exact) mass is 246 g/mol. The molecule has 5 nitrogen and oxygen atoms in total. The fourth-order valence-electron chi connectivity index (χ4n) is 1.89. The Labute approximate surface area is 105 Å². The summed E-state index contributed by atoms with van der Waals surface area (Å²) in [6.07, 6.45) is 0. The number of esters is 1. The number of aryl methyl sites for hydroxylation is 2. The lowest BCUT2D eigenvalue weighted by Crippen LogP contribution is -2.04. The van der Waals surface area contributed by atoms with Gasteiger partial charge in [0, 0.05) is 0 Å². The first kappa shape index (κ1) is 12.2. The Hall–Kier alpha value is -2.30. The summed E-state index contributed by atoms with van der Waals surface area (Å²) in [5.74, 6) is -0.451. The van der Waals surface area contributed by atoms with Crippen LogP contribution in [0.1, 0.15) is 21.6 Å². The van der Waals surface area contributed by atoms with E-state index in [4.69, 9.17) is 10.3 Å². The minimum atomic E-state index is -0.564. The Morgan fingerprint density at radius 3 is 2.72 bits per heavy atom.